The van der Waals surface area contributed by atoms with E-state index in [-0.39, 0.29) is 17.7 Å². The zero-order chi connectivity index (χ0) is 25.3. The number of carbonyl (C=O) groups is 3. The highest BCUT2D eigenvalue weighted by Crippen LogP contribution is 2.55. The molecule has 1 fully saturated rings. The van der Waals surface area contributed by atoms with Crippen molar-refractivity contribution in [3.63, 3.8) is 0 Å². The largest absolute Gasteiger partial charge is 0.425 e. The molecule has 4 atom stereocenters. The van der Waals surface area contributed by atoms with Crippen LogP contribution in [0.1, 0.15) is 17.0 Å². The Balaban J connectivity index is 1.45. The van der Waals surface area contributed by atoms with Crippen LogP contribution in [0, 0.1) is 17.8 Å². The Morgan fingerprint density at radius 1 is 0.757 bits per heavy atom. The van der Waals surface area contributed by atoms with Gasteiger partial charge in [0.05, 0.1) is 23.4 Å². The second kappa shape index (κ2) is 8.25. The van der Waals surface area contributed by atoms with E-state index in [0.717, 1.165) is 31.9 Å². The number of rotatable bonds is 2. The number of hydrogen-bond donors (Lipinski definition) is 0. The molecule has 2 aliphatic heterocycles. The molecule has 0 unspecified atom stereocenters. The lowest BCUT2D eigenvalue weighted by Crippen LogP contribution is -2.42. The number of amides is 2. The lowest BCUT2D eigenvalue weighted by Gasteiger charge is -2.38. The molecule has 0 aromatic heterocycles. The van der Waals surface area contributed by atoms with Crippen molar-refractivity contribution < 1.29 is 19.1 Å². The van der Waals surface area contributed by atoms with Crippen molar-refractivity contribution in [2.45, 2.75) is 5.92 Å². The first-order chi connectivity index (χ1) is 18.0. The fraction of sp³-hybridized carbons (Fsp3) is 0.129. The maximum absolute atomic E-state index is 14.0. The number of esters is 1. The first-order valence-electron chi connectivity index (χ1n) is 12.2. The first kappa shape index (κ1) is 22.2. The van der Waals surface area contributed by atoms with E-state index in [0.29, 0.717) is 11.4 Å². The molecule has 2 heterocycles. The Hall–Kier alpha value is -4.03. The van der Waals surface area contributed by atoms with E-state index in [2.05, 4.69) is 15.9 Å². The van der Waals surface area contributed by atoms with E-state index in [4.69, 9.17) is 4.74 Å². The minimum absolute atomic E-state index is 0.297. The molecule has 0 bridgehead atoms. The summed E-state index contributed by atoms with van der Waals surface area (Å²) >= 11 is 3.44. The zero-order valence-electron chi connectivity index (χ0n) is 19.5. The van der Waals surface area contributed by atoms with Crippen LogP contribution in [0.2, 0.25) is 0 Å². The number of halogens is 1. The number of fused-ring (bicyclic) bond motifs is 7. The van der Waals surface area contributed by atoms with Crippen LogP contribution in [-0.2, 0) is 14.4 Å². The van der Waals surface area contributed by atoms with Gasteiger partial charge in [-0.3, -0.25) is 14.4 Å². The molecule has 0 spiro atoms. The second-order valence-electron chi connectivity index (χ2n) is 9.66. The Kier molecular flexibility index (Phi) is 4.95. The lowest BCUT2D eigenvalue weighted by molar-refractivity contribution is -0.142. The smallest absolute Gasteiger partial charge is 0.319 e. The molecule has 4 aromatic rings. The average Bonchev–Trinajstić information content (AvgIpc) is 3.18. The molecule has 6 heteroatoms. The van der Waals surface area contributed by atoms with Crippen LogP contribution in [0.15, 0.2) is 102 Å². The van der Waals surface area contributed by atoms with Crippen LogP contribution in [-0.4, -0.2) is 17.8 Å². The number of ether oxygens (including phenoxy) is 1. The third-order valence-corrected chi connectivity index (χ3v) is 8.23. The van der Waals surface area contributed by atoms with Crippen LogP contribution < -0.4 is 9.64 Å². The molecule has 37 heavy (non-hydrogen) atoms. The summed E-state index contributed by atoms with van der Waals surface area (Å²) < 4.78 is 6.70. The number of benzene rings is 4. The number of carbonyl (C=O) groups excluding carboxylic acids is 3. The molecular weight excluding hydrogens is 530 g/mol. The molecule has 0 N–H and O–H groups in total. The number of hydrogen-bond acceptors (Lipinski definition) is 4. The third-order valence-electron chi connectivity index (χ3n) is 7.74. The minimum Gasteiger partial charge on any atom is -0.425 e. The van der Waals surface area contributed by atoms with Gasteiger partial charge in [-0.2, -0.15) is 0 Å². The van der Waals surface area contributed by atoms with Gasteiger partial charge in [0.1, 0.15) is 5.75 Å². The third kappa shape index (κ3) is 3.25. The van der Waals surface area contributed by atoms with Gasteiger partial charge in [0.15, 0.2) is 0 Å². The molecule has 4 aromatic carbocycles. The van der Waals surface area contributed by atoms with Crippen LogP contribution in [0.4, 0.5) is 5.69 Å². The van der Waals surface area contributed by atoms with Gasteiger partial charge in [-0.1, -0.05) is 94.8 Å². The molecule has 0 saturated carbocycles. The monoisotopic (exact) mass is 549 g/mol. The topological polar surface area (TPSA) is 63.7 Å². The van der Waals surface area contributed by atoms with Crippen LogP contribution in [0.3, 0.4) is 0 Å². The van der Waals surface area contributed by atoms with Crippen molar-refractivity contribution in [1.82, 2.24) is 0 Å². The normalized spacial score (nSPS) is 24.3. The van der Waals surface area contributed by atoms with Crippen molar-refractivity contribution in [1.29, 1.82) is 0 Å². The van der Waals surface area contributed by atoms with Gasteiger partial charge in [0, 0.05) is 21.3 Å². The molecule has 0 radical (unpaired) electrons. The molecule has 1 aliphatic carbocycles. The predicted octanol–water partition coefficient (Wildman–Crippen LogP) is 6.12. The van der Waals surface area contributed by atoms with Gasteiger partial charge in [-0.15, -0.1) is 0 Å². The van der Waals surface area contributed by atoms with E-state index in [1.807, 2.05) is 78.9 Å². The summed E-state index contributed by atoms with van der Waals surface area (Å²) in [5.41, 5.74) is 2.97. The van der Waals surface area contributed by atoms with Gasteiger partial charge in [0.2, 0.25) is 11.8 Å². The molecule has 7 rings (SSSR count). The summed E-state index contributed by atoms with van der Waals surface area (Å²) in [5.74, 6) is -3.44. The van der Waals surface area contributed by atoms with E-state index in [1.165, 1.54) is 4.90 Å². The summed E-state index contributed by atoms with van der Waals surface area (Å²) in [6.45, 7) is 0. The maximum atomic E-state index is 14.0. The van der Waals surface area contributed by atoms with Crippen molar-refractivity contribution in [3.8, 4) is 5.75 Å². The highest BCUT2D eigenvalue weighted by atomic mass is 79.9. The summed E-state index contributed by atoms with van der Waals surface area (Å²) in [7, 11) is 0. The molecule has 2 amide bonds. The molecule has 5 nitrogen and oxygen atoms in total. The van der Waals surface area contributed by atoms with Gasteiger partial charge < -0.3 is 4.74 Å². The van der Waals surface area contributed by atoms with Gasteiger partial charge in [-0.05, 0) is 34.7 Å². The minimum atomic E-state index is -0.858. The van der Waals surface area contributed by atoms with Gasteiger partial charge >= 0.3 is 5.97 Å². The van der Waals surface area contributed by atoms with Gasteiger partial charge in [-0.25, -0.2) is 4.90 Å². The van der Waals surface area contributed by atoms with E-state index < -0.39 is 23.7 Å². The highest BCUT2D eigenvalue weighted by molar-refractivity contribution is 9.10. The van der Waals surface area contributed by atoms with E-state index in [1.54, 1.807) is 18.2 Å². The Bertz CT molecular complexity index is 1660. The predicted molar refractivity (Wildman–Crippen MR) is 144 cm³/mol. The summed E-state index contributed by atoms with van der Waals surface area (Å²) in [6, 6.07) is 28.6. The fourth-order valence-corrected chi connectivity index (χ4v) is 6.55. The quantitative estimate of drug-likeness (QED) is 0.171. The second-order valence-corrected chi connectivity index (χ2v) is 10.6. The molecule has 180 valence electrons. The number of allylic oxidation sites excluding steroid dienone is 1. The molecule has 3 aliphatic rings. The molecule has 1 saturated heterocycles. The zero-order valence-corrected chi connectivity index (χ0v) is 21.1. The fourth-order valence-electron chi connectivity index (χ4n) is 6.16. The van der Waals surface area contributed by atoms with Gasteiger partial charge in [0.25, 0.3) is 0 Å². The SMILES string of the molecule is O=C1Oc2c(ccc3ccccc23)C2=C[C@H](c3ccccc3)[C@@H]3C(=O)N(c4cccc(Br)c4)C(=O)[C@@H]3[C@H]12. The maximum Gasteiger partial charge on any atom is 0.319 e. The number of nitrogens with zero attached hydrogens (tertiary/aromatic N) is 1. The van der Waals surface area contributed by atoms with Crippen LogP contribution in [0.25, 0.3) is 16.3 Å². The number of imide groups is 1. The Morgan fingerprint density at radius 2 is 1.51 bits per heavy atom. The average molecular weight is 550 g/mol. The summed E-state index contributed by atoms with van der Waals surface area (Å²) in [4.78, 5) is 42.8. The standard InChI is InChI=1S/C31H20BrNO4/c32-19-10-6-11-20(15-19)33-29(34)25-23(17-7-2-1-3-8-17)16-24-22-14-13-18-9-4-5-12-21(18)28(22)37-31(36)26(24)27(25)30(33)35/h1-16,23,25-27H/t23-,25+,26-,27+/m1/s1. The van der Waals surface area contributed by atoms with Crippen molar-refractivity contribution in [3.05, 3.63) is 113 Å². The highest BCUT2D eigenvalue weighted by Gasteiger charge is 2.60. The lowest BCUT2D eigenvalue weighted by atomic mass is 9.64. The summed E-state index contributed by atoms with van der Waals surface area (Å²) in [5, 5.41) is 1.81. The first-order valence-corrected chi connectivity index (χ1v) is 13.0. The Morgan fingerprint density at radius 3 is 2.32 bits per heavy atom. The molecular formula is C31H20BrNO4. The van der Waals surface area contributed by atoms with E-state index in [9.17, 15) is 14.4 Å². The van der Waals surface area contributed by atoms with E-state index >= 15 is 0 Å². The van der Waals surface area contributed by atoms with Crippen LogP contribution in [0.5, 0.6) is 5.75 Å². The van der Waals surface area contributed by atoms with Crippen molar-refractivity contribution in [2.24, 2.45) is 17.8 Å². The van der Waals surface area contributed by atoms with Crippen molar-refractivity contribution in [2.75, 3.05) is 4.90 Å². The Labute approximate surface area is 221 Å². The van der Waals surface area contributed by atoms with Crippen molar-refractivity contribution >= 4 is 55.7 Å². The summed E-state index contributed by atoms with van der Waals surface area (Å²) in [6.07, 6.45) is 2.02. The number of anilines is 1. The van der Waals surface area contributed by atoms with Crippen LogP contribution >= 0.6 is 15.9 Å².